The molecule has 0 unspecified atom stereocenters. The van der Waals surface area contributed by atoms with Crippen molar-refractivity contribution in [3.8, 4) is 11.6 Å². The highest BCUT2D eigenvalue weighted by molar-refractivity contribution is 7.03. The van der Waals surface area contributed by atoms with E-state index in [1.165, 1.54) is 10.1 Å². The van der Waals surface area contributed by atoms with Crippen LogP contribution in [0.2, 0.25) is 0 Å². The smallest absolute Gasteiger partial charge is 0.409 e. The molecule has 0 aliphatic heterocycles. The van der Waals surface area contributed by atoms with Gasteiger partial charge >= 0.3 is 11.8 Å². The molecular weight excluding hydrogens is 228 g/mol. The summed E-state index contributed by atoms with van der Waals surface area (Å²) in [6.07, 6.45) is -0.00596. The maximum Gasteiger partial charge on any atom is 0.409 e. The van der Waals surface area contributed by atoms with Gasteiger partial charge in [-0.05, 0) is 5.56 Å². The molecule has 0 aliphatic rings. The maximum absolute atomic E-state index is 10.5. The summed E-state index contributed by atoms with van der Waals surface area (Å²) in [5.74, 6) is -0.798. The number of aliphatic carboxylic acids is 1. The summed E-state index contributed by atoms with van der Waals surface area (Å²) in [6.45, 7) is 0. The Kier molecular flexibility index (Phi) is 2.82. The second-order valence-electron chi connectivity index (χ2n) is 3.21. The molecule has 2 N–H and O–H groups in total. The van der Waals surface area contributed by atoms with Gasteiger partial charge in [0.2, 0.25) is 5.69 Å². The van der Waals surface area contributed by atoms with Crippen LogP contribution in [0.5, 0.6) is 5.88 Å². The third kappa shape index (κ3) is 2.17. The van der Waals surface area contributed by atoms with Crippen LogP contribution in [0.25, 0.3) is 5.69 Å². The molecular formula is C10H9N2O3S+. The van der Waals surface area contributed by atoms with Crippen LogP contribution in [-0.2, 0) is 11.2 Å². The van der Waals surface area contributed by atoms with Crippen LogP contribution >= 0.6 is 11.5 Å². The third-order valence-corrected chi connectivity index (χ3v) is 2.61. The number of carboxylic acids is 1. The van der Waals surface area contributed by atoms with Crippen molar-refractivity contribution in [2.24, 2.45) is 0 Å². The fourth-order valence-corrected chi connectivity index (χ4v) is 1.83. The van der Waals surface area contributed by atoms with E-state index in [9.17, 15) is 9.90 Å². The molecule has 1 aromatic heterocycles. The second-order valence-corrected chi connectivity index (χ2v) is 3.82. The average molecular weight is 237 g/mol. The lowest BCUT2D eigenvalue weighted by molar-refractivity contribution is -0.657. The van der Waals surface area contributed by atoms with Gasteiger partial charge in [-0.2, -0.15) is 0 Å². The van der Waals surface area contributed by atoms with Crippen molar-refractivity contribution in [3.63, 3.8) is 0 Å². The minimum absolute atomic E-state index is 0.00596. The van der Waals surface area contributed by atoms with Crippen molar-refractivity contribution < 1.29 is 19.7 Å². The number of rotatable bonds is 3. The van der Waals surface area contributed by atoms with Gasteiger partial charge in [0.1, 0.15) is 5.38 Å². The van der Waals surface area contributed by atoms with Crippen LogP contribution in [0.4, 0.5) is 0 Å². The third-order valence-electron chi connectivity index (χ3n) is 2.04. The van der Waals surface area contributed by atoms with Gasteiger partial charge in [0.25, 0.3) is 0 Å². The lowest BCUT2D eigenvalue weighted by Crippen LogP contribution is -2.31. The summed E-state index contributed by atoms with van der Waals surface area (Å²) in [5.41, 5.74) is 1.42. The van der Waals surface area contributed by atoms with Gasteiger partial charge in [0.05, 0.1) is 10.9 Å². The number of hydrogen-bond acceptors (Lipinski definition) is 4. The van der Waals surface area contributed by atoms with Gasteiger partial charge in [0, 0.05) is 28.3 Å². The molecule has 0 spiro atoms. The molecule has 5 nitrogen and oxygen atoms in total. The molecule has 0 saturated heterocycles. The topological polar surface area (TPSA) is 74.3 Å². The number of benzene rings is 1. The van der Waals surface area contributed by atoms with Crippen molar-refractivity contribution in [1.29, 1.82) is 0 Å². The van der Waals surface area contributed by atoms with E-state index in [1.54, 1.807) is 24.3 Å². The van der Waals surface area contributed by atoms with Gasteiger partial charge in [0.15, 0.2) is 0 Å². The fraction of sp³-hybridized carbons (Fsp3) is 0.100. The molecule has 82 valence electrons. The standard InChI is InChI=1S/C10H8N2O3S/c13-9-6-16-11-12(9)8-3-1-7(2-4-8)5-10(14)15/h1-4,6H,5H2,(H-,13,14,15)/p+1. The van der Waals surface area contributed by atoms with Crippen molar-refractivity contribution >= 4 is 17.5 Å². The molecule has 0 amide bonds. The van der Waals surface area contributed by atoms with Crippen LogP contribution in [0.3, 0.4) is 0 Å². The number of hydrogen-bond donors (Lipinski definition) is 2. The summed E-state index contributed by atoms with van der Waals surface area (Å²) in [4.78, 5) is 10.5. The first kappa shape index (κ1) is 10.6. The minimum atomic E-state index is -0.864. The summed E-state index contributed by atoms with van der Waals surface area (Å²) in [6, 6.07) is 6.85. The average Bonchev–Trinajstić information content (AvgIpc) is 2.65. The fourth-order valence-electron chi connectivity index (χ4n) is 1.32. The molecule has 1 aromatic carbocycles. The predicted molar refractivity (Wildman–Crippen MR) is 56.7 cm³/mol. The summed E-state index contributed by atoms with van der Waals surface area (Å²) >= 11 is 1.14. The van der Waals surface area contributed by atoms with E-state index < -0.39 is 5.97 Å². The van der Waals surface area contributed by atoms with Gasteiger partial charge in [-0.1, -0.05) is 12.1 Å². The van der Waals surface area contributed by atoms with Gasteiger partial charge < -0.3 is 10.2 Å². The first-order valence-corrected chi connectivity index (χ1v) is 5.37. The maximum atomic E-state index is 10.5. The van der Waals surface area contributed by atoms with Crippen molar-refractivity contribution in [2.45, 2.75) is 6.42 Å². The molecule has 0 atom stereocenters. The van der Waals surface area contributed by atoms with E-state index >= 15 is 0 Å². The van der Waals surface area contributed by atoms with E-state index in [0.29, 0.717) is 11.3 Å². The van der Waals surface area contributed by atoms with Gasteiger partial charge in [-0.3, -0.25) is 4.79 Å². The molecule has 0 bridgehead atoms. The molecule has 1 heterocycles. The lowest BCUT2D eigenvalue weighted by Gasteiger charge is -1.95. The van der Waals surface area contributed by atoms with E-state index in [4.69, 9.17) is 5.11 Å². The van der Waals surface area contributed by atoms with E-state index in [2.05, 4.69) is 4.49 Å². The zero-order valence-corrected chi connectivity index (χ0v) is 9.02. The highest BCUT2D eigenvalue weighted by atomic mass is 32.1. The molecule has 0 saturated carbocycles. The molecule has 2 rings (SSSR count). The molecule has 16 heavy (non-hydrogen) atoms. The molecule has 2 aromatic rings. The Morgan fingerprint density at radius 1 is 1.38 bits per heavy atom. The van der Waals surface area contributed by atoms with E-state index in [1.807, 2.05) is 0 Å². The van der Waals surface area contributed by atoms with Crippen LogP contribution in [0.15, 0.2) is 29.6 Å². The van der Waals surface area contributed by atoms with E-state index in [0.717, 1.165) is 11.5 Å². The summed E-state index contributed by atoms with van der Waals surface area (Å²) in [7, 11) is 0. The number of carboxylic acid groups (broad SMARTS) is 1. The summed E-state index contributed by atoms with van der Waals surface area (Å²) in [5, 5.41) is 19.6. The second kappa shape index (κ2) is 4.28. The Hall–Kier alpha value is -1.95. The lowest BCUT2D eigenvalue weighted by atomic mass is 10.1. The van der Waals surface area contributed by atoms with Crippen molar-refractivity contribution in [1.82, 2.24) is 4.49 Å². The van der Waals surface area contributed by atoms with Crippen LogP contribution in [-0.4, -0.2) is 20.7 Å². The molecule has 0 aliphatic carbocycles. The Morgan fingerprint density at radius 3 is 2.56 bits per heavy atom. The Morgan fingerprint density at radius 2 is 2.06 bits per heavy atom. The molecule has 0 radical (unpaired) electrons. The SMILES string of the molecule is O=C(O)Cc1ccc(-[n+]2nscc2O)cc1. The molecule has 0 fully saturated rings. The largest absolute Gasteiger partial charge is 0.481 e. The minimum Gasteiger partial charge on any atom is -0.481 e. The number of aromatic nitrogens is 2. The normalized spacial score (nSPS) is 10.2. The first-order chi connectivity index (χ1) is 7.66. The Balaban J connectivity index is 2.26. The number of aromatic hydroxyl groups is 1. The first-order valence-electron chi connectivity index (χ1n) is 4.53. The monoisotopic (exact) mass is 237 g/mol. The van der Waals surface area contributed by atoms with Crippen LogP contribution in [0.1, 0.15) is 5.56 Å². The Bertz CT molecular complexity index is 507. The molecule has 6 heteroatoms. The van der Waals surface area contributed by atoms with Gasteiger partial charge in [-0.25, -0.2) is 0 Å². The predicted octanol–water partition coefficient (Wildman–Crippen LogP) is 0.752. The highest BCUT2D eigenvalue weighted by Crippen LogP contribution is 2.09. The number of nitrogens with zero attached hydrogens (tertiary/aromatic N) is 2. The summed E-state index contributed by atoms with van der Waals surface area (Å²) < 4.78 is 5.35. The number of carbonyl (C=O) groups is 1. The van der Waals surface area contributed by atoms with Gasteiger partial charge in [-0.15, -0.1) is 0 Å². The van der Waals surface area contributed by atoms with Crippen LogP contribution < -0.4 is 4.68 Å². The van der Waals surface area contributed by atoms with Crippen LogP contribution in [0, 0.1) is 0 Å². The van der Waals surface area contributed by atoms with Crippen molar-refractivity contribution in [3.05, 3.63) is 35.2 Å². The zero-order chi connectivity index (χ0) is 11.5. The quantitative estimate of drug-likeness (QED) is 0.773. The zero-order valence-electron chi connectivity index (χ0n) is 8.20. The van der Waals surface area contributed by atoms with Crippen molar-refractivity contribution in [2.75, 3.05) is 0 Å². The Labute approximate surface area is 95.4 Å². The van der Waals surface area contributed by atoms with E-state index in [-0.39, 0.29) is 12.3 Å². The highest BCUT2D eigenvalue weighted by Gasteiger charge is 2.16.